The van der Waals surface area contributed by atoms with Gasteiger partial charge in [0.25, 0.3) is 12.4 Å². The van der Waals surface area contributed by atoms with Gasteiger partial charge in [-0.3, -0.25) is 23.9 Å². The molecule has 252 valence electrons. The number of carbonyl (C=O) groups is 4. The van der Waals surface area contributed by atoms with E-state index in [9.17, 15) is 27.6 Å². The Morgan fingerprint density at radius 3 is 2.07 bits per heavy atom. The first kappa shape index (κ1) is 41.3. The van der Waals surface area contributed by atoms with Crippen LogP contribution in [0.2, 0.25) is 5.02 Å². The number of benzene rings is 1. The number of hydrogen-bond donors (Lipinski definition) is 3. The highest BCUT2D eigenvalue weighted by Gasteiger charge is 2.38. The molecule has 0 radical (unpaired) electrons. The number of imidazole rings is 1. The van der Waals surface area contributed by atoms with Crippen molar-refractivity contribution in [2.75, 3.05) is 5.32 Å². The first-order valence-corrected chi connectivity index (χ1v) is 14.5. The quantitative estimate of drug-likeness (QED) is 0.203. The van der Waals surface area contributed by atoms with E-state index in [0.717, 1.165) is 17.1 Å². The van der Waals surface area contributed by atoms with Crippen molar-refractivity contribution in [1.29, 1.82) is 5.26 Å². The van der Waals surface area contributed by atoms with Crippen LogP contribution >= 0.6 is 11.6 Å². The number of primary amides is 1. The number of nitrogens with two attached hydrogens (primary N) is 1. The molecule has 1 fully saturated rings. The summed E-state index contributed by atoms with van der Waals surface area (Å²) in [6, 6.07) is 6.02. The third kappa shape index (κ3) is 14.4. The van der Waals surface area contributed by atoms with Crippen molar-refractivity contribution in [3.05, 3.63) is 52.7 Å². The second-order valence-electron chi connectivity index (χ2n) is 9.67. The number of carboxylic acid groups (broad SMARTS) is 1. The first-order chi connectivity index (χ1) is 21.6. The van der Waals surface area contributed by atoms with Crippen LogP contribution in [0.3, 0.4) is 0 Å². The van der Waals surface area contributed by atoms with E-state index >= 15 is 0 Å². The molecule has 46 heavy (non-hydrogen) atoms. The van der Waals surface area contributed by atoms with Gasteiger partial charge in [0, 0.05) is 31.4 Å². The molecule has 2 amide bonds. The lowest BCUT2D eigenvalue weighted by molar-refractivity contribution is -0.141. The van der Waals surface area contributed by atoms with E-state index in [1.165, 1.54) is 82.2 Å². The molecule has 16 heteroatoms. The maximum atomic E-state index is 13.4. The van der Waals surface area contributed by atoms with Crippen LogP contribution < -0.4 is 11.1 Å². The average Bonchev–Trinajstić information content (AvgIpc) is 3.71. The molecular formula is C30H39ClF3N7O5. The fourth-order valence-electron chi connectivity index (χ4n) is 3.79. The fourth-order valence-corrected chi connectivity index (χ4v) is 4.11. The summed E-state index contributed by atoms with van der Waals surface area (Å²) >= 11 is 6.03. The summed E-state index contributed by atoms with van der Waals surface area (Å²) in [5.74, 6) is -1.43. The second kappa shape index (κ2) is 21.1. The first-order valence-electron chi connectivity index (χ1n) is 14.1. The van der Waals surface area contributed by atoms with Gasteiger partial charge in [-0.1, -0.05) is 64.0 Å². The highest BCUT2D eigenvalue weighted by Crippen LogP contribution is 2.36. The Morgan fingerprint density at radius 1 is 1.15 bits per heavy atom. The van der Waals surface area contributed by atoms with Crippen molar-refractivity contribution in [1.82, 2.24) is 19.3 Å². The number of nitrogens with one attached hydrogen (secondary N) is 1. The minimum absolute atomic E-state index is 0.00775. The topological polar surface area (TPSA) is 186 Å². The maximum Gasteiger partial charge on any atom is 0.435 e. The van der Waals surface area contributed by atoms with Crippen LogP contribution in [-0.2, 0) is 29.4 Å². The van der Waals surface area contributed by atoms with E-state index < -0.39 is 17.8 Å². The largest absolute Gasteiger partial charge is 0.483 e. The Labute approximate surface area is 270 Å². The summed E-state index contributed by atoms with van der Waals surface area (Å²) < 4.78 is 42.2. The molecule has 3 aromatic rings. The van der Waals surface area contributed by atoms with Gasteiger partial charge in [-0.25, -0.2) is 4.98 Å². The lowest BCUT2D eigenvalue weighted by Gasteiger charge is -2.09. The van der Waals surface area contributed by atoms with E-state index in [0.29, 0.717) is 0 Å². The molecule has 2 heterocycles. The van der Waals surface area contributed by atoms with Gasteiger partial charge in [0.05, 0.1) is 28.5 Å². The summed E-state index contributed by atoms with van der Waals surface area (Å²) in [7, 11) is 1.38. The fraction of sp³-hybridized carbons (Fsp3) is 0.433. The van der Waals surface area contributed by atoms with Gasteiger partial charge in [0.1, 0.15) is 6.54 Å². The number of hydrogen-bond acceptors (Lipinski definition) is 7. The Kier molecular flexibility index (Phi) is 18.9. The molecule has 4 rings (SSSR count). The summed E-state index contributed by atoms with van der Waals surface area (Å²) in [4.78, 5) is 45.6. The Morgan fingerprint density at radius 2 is 1.65 bits per heavy atom. The normalized spacial score (nSPS) is 11.4. The molecule has 4 N–H and O–H groups in total. The summed E-state index contributed by atoms with van der Waals surface area (Å²) in [6.07, 6.45) is 6.17. The minimum atomic E-state index is -4.77. The number of amides is 2. The van der Waals surface area contributed by atoms with Gasteiger partial charge < -0.3 is 20.7 Å². The monoisotopic (exact) mass is 669 g/mol. The number of rotatable bonds is 5. The number of aromatic nitrogens is 4. The van der Waals surface area contributed by atoms with Crippen LogP contribution in [0.1, 0.15) is 92.9 Å². The molecule has 2 aromatic heterocycles. The predicted octanol–water partition coefficient (Wildman–Crippen LogP) is 6.49. The van der Waals surface area contributed by atoms with Crippen molar-refractivity contribution in [2.45, 2.75) is 78.9 Å². The van der Waals surface area contributed by atoms with Crippen LogP contribution in [0.5, 0.6) is 0 Å². The maximum absolute atomic E-state index is 13.4. The highest BCUT2D eigenvalue weighted by atomic mass is 35.5. The van der Waals surface area contributed by atoms with Gasteiger partial charge >= 0.3 is 6.18 Å². The molecule has 0 bridgehead atoms. The van der Waals surface area contributed by atoms with Gasteiger partial charge in [0.15, 0.2) is 17.3 Å². The molecular weight excluding hydrogens is 631 g/mol. The summed E-state index contributed by atoms with van der Waals surface area (Å²) in [5, 5.41) is 21.7. The zero-order chi connectivity index (χ0) is 35.4. The number of nitriles is 1. The van der Waals surface area contributed by atoms with Crippen LogP contribution in [0.4, 0.5) is 18.9 Å². The molecule has 1 aromatic carbocycles. The number of carbonyl (C=O) groups excluding carboxylic acids is 3. The van der Waals surface area contributed by atoms with Crippen LogP contribution in [-0.4, -0.2) is 48.5 Å². The number of alkyl halides is 3. The van der Waals surface area contributed by atoms with E-state index in [1.807, 2.05) is 0 Å². The Hall–Kier alpha value is -4.71. The summed E-state index contributed by atoms with van der Waals surface area (Å²) in [5.41, 5.74) is 3.52. The van der Waals surface area contributed by atoms with Gasteiger partial charge in [-0.2, -0.15) is 23.5 Å². The van der Waals surface area contributed by atoms with E-state index in [4.69, 9.17) is 26.8 Å². The zero-order valence-electron chi connectivity index (χ0n) is 26.3. The van der Waals surface area contributed by atoms with Gasteiger partial charge in [-0.05, 0) is 25.1 Å². The molecule has 0 saturated heterocycles. The third-order valence-corrected chi connectivity index (χ3v) is 5.90. The molecule has 0 atom stereocenters. The van der Waals surface area contributed by atoms with E-state index in [-0.39, 0.29) is 58.1 Å². The van der Waals surface area contributed by atoms with E-state index in [2.05, 4.69) is 35.0 Å². The minimum Gasteiger partial charge on any atom is -0.483 e. The standard InChI is InChI=1S/C19H14ClF3N6O2.C5H10.C3H8.C2H5NO.CH2O2/c1-10(30)12-4-3-11(7-14(12)20)26-18(31)17-25-8-15(28(17)2)13-9-29(6-5-24)27-16(13)19(21,22)23;1-2-4-5-3-1;1-3-2;1-2(3)4;2-1-3/h3-4,7-9H,6H2,1-2H3,(H,26,31);1-5H2;3H2,1-2H3;1H3,(H2,3,4);1H,(H,2,3). The van der Waals surface area contributed by atoms with Crippen LogP contribution in [0, 0.1) is 11.3 Å². The lowest BCUT2D eigenvalue weighted by atomic mass is 10.1. The van der Waals surface area contributed by atoms with Crippen molar-refractivity contribution < 1.29 is 37.5 Å². The van der Waals surface area contributed by atoms with Gasteiger partial charge in [0.2, 0.25) is 5.91 Å². The number of Topliss-reactive ketones (excluding diaryl/α,β-unsaturated/α-hetero) is 1. The predicted molar refractivity (Wildman–Crippen MR) is 167 cm³/mol. The lowest BCUT2D eigenvalue weighted by Crippen LogP contribution is -2.17. The SMILES string of the molecule is C1CCCC1.CC(=O)c1ccc(NC(=O)c2ncc(-c3cn(CC#N)nc3C(F)(F)F)n2C)cc1Cl.CC(N)=O.CCC.O=CO. The van der Waals surface area contributed by atoms with Crippen molar-refractivity contribution >= 4 is 41.4 Å². The number of anilines is 1. The van der Waals surface area contributed by atoms with E-state index in [1.54, 1.807) is 6.07 Å². The van der Waals surface area contributed by atoms with Crippen molar-refractivity contribution in [3.8, 4) is 17.3 Å². The second-order valence-corrected chi connectivity index (χ2v) is 10.1. The molecule has 1 aliphatic carbocycles. The number of nitrogens with zero attached hydrogens (tertiary/aromatic N) is 5. The molecule has 0 unspecified atom stereocenters. The number of halogens is 4. The Balaban J connectivity index is 0.00000112. The zero-order valence-corrected chi connectivity index (χ0v) is 27.1. The summed E-state index contributed by atoms with van der Waals surface area (Å²) in [6.45, 7) is 6.29. The Bertz CT molecular complexity index is 1460. The third-order valence-electron chi connectivity index (χ3n) is 5.59. The van der Waals surface area contributed by atoms with Gasteiger partial charge in [-0.15, -0.1) is 0 Å². The molecule has 0 aliphatic heterocycles. The molecule has 1 saturated carbocycles. The molecule has 0 spiro atoms. The van der Waals surface area contributed by atoms with Crippen molar-refractivity contribution in [3.63, 3.8) is 0 Å². The molecule has 12 nitrogen and oxygen atoms in total. The highest BCUT2D eigenvalue weighted by molar-refractivity contribution is 6.34. The van der Waals surface area contributed by atoms with Crippen molar-refractivity contribution in [2.24, 2.45) is 12.8 Å². The van der Waals surface area contributed by atoms with Crippen LogP contribution in [0.15, 0.2) is 30.6 Å². The van der Waals surface area contributed by atoms with Crippen LogP contribution in [0.25, 0.3) is 11.3 Å². The number of ketones is 1. The molecule has 1 aliphatic rings. The smallest absolute Gasteiger partial charge is 0.435 e. The average molecular weight is 670 g/mol.